The number of fused-ring (bicyclic) bond motifs is 2. The zero-order valence-electron chi connectivity index (χ0n) is 15.9. The highest BCUT2D eigenvalue weighted by atomic mass is 35.5. The average Bonchev–Trinajstić information content (AvgIpc) is 3.41. The van der Waals surface area contributed by atoms with Crippen molar-refractivity contribution in [2.24, 2.45) is 0 Å². The smallest absolute Gasteiger partial charge is 0.433 e. The summed E-state index contributed by atoms with van der Waals surface area (Å²) < 4.78 is 52.6. The van der Waals surface area contributed by atoms with E-state index in [1.165, 1.54) is 11.3 Å². The molecule has 1 aliphatic heterocycles. The minimum atomic E-state index is -4.74. The SMILES string of the molecule is O=C(Nc1ccc2c(c1)OCCO2)c1nn2c(C(F)(F)F)cc(-c3cccs3)nc2c1Cl. The molecule has 0 aliphatic carbocycles. The number of amides is 1. The van der Waals surface area contributed by atoms with E-state index in [1.54, 1.807) is 35.7 Å². The summed E-state index contributed by atoms with van der Waals surface area (Å²) in [5, 5.41) is 7.82. The summed E-state index contributed by atoms with van der Waals surface area (Å²) in [7, 11) is 0. The molecule has 0 unspecified atom stereocenters. The summed E-state index contributed by atoms with van der Waals surface area (Å²) in [6.07, 6.45) is -4.74. The molecule has 1 N–H and O–H groups in total. The zero-order chi connectivity index (χ0) is 22.5. The van der Waals surface area contributed by atoms with Crippen LogP contribution in [0.4, 0.5) is 18.9 Å². The molecule has 164 valence electrons. The van der Waals surface area contributed by atoms with Crippen LogP contribution in [0.2, 0.25) is 5.02 Å². The molecule has 0 atom stereocenters. The van der Waals surface area contributed by atoms with Crippen LogP contribution in [0.25, 0.3) is 16.2 Å². The van der Waals surface area contributed by atoms with Crippen molar-refractivity contribution in [2.75, 3.05) is 18.5 Å². The van der Waals surface area contributed by atoms with E-state index >= 15 is 0 Å². The monoisotopic (exact) mass is 480 g/mol. The summed E-state index contributed by atoms with van der Waals surface area (Å²) in [6, 6.07) is 8.96. The van der Waals surface area contributed by atoms with Crippen molar-refractivity contribution < 1.29 is 27.4 Å². The third kappa shape index (κ3) is 3.63. The molecule has 1 aliphatic rings. The van der Waals surface area contributed by atoms with Crippen LogP contribution in [0.3, 0.4) is 0 Å². The number of nitrogens with zero attached hydrogens (tertiary/aromatic N) is 3. The maximum atomic E-state index is 13.7. The van der Waals surface area contributed by atoms with Crippen molar-refractivity contribution in [3.63, 3.8) is 0 Å². The van der Waals surface area contributed by atoms with Gasteiger partial charge in [-0.05, 0) is 29.6 Å². The van der Waals surface area contributed by atoms with Crippen LogP contribution < -0.4 is 14.8 Å². The van der Waals surface area contributed by atoms with E-state index in [1.807, 2.05) is 0 Å². The number of carbonyl (C=O) groups excluding carboxylic acids is 1. The Kier molecular flexibility index (Phi) is 4.94. The van der Waals surface area contributed by atoms with E-state index in [0.29, 0.717) is 39.8 Å². The molecule has 0 spiro atoms. The van der Waals surface area contributed by atoms with E-state index in [4.69, 9.17) is 21.1 Å². The first kappa shape index (κ1) is 20.6. The number of aromatic nitrogens is 3. The number of alkyl halides is 3. The second kappa shape index (κ2) is 7.68. The number of anilines is 1. The van der Waals surface area contributed by atoms with Crippen molar-refractivity contribution in [1.29, 1.82) is 0 Å². The van der Waals surface area contributed by atoms with Gasteiger partial charge in [-0.3, -0.25) is 4.79 Å². The fraction of sp³-hybridized carbons (Fsp3) is 0.150. The predicted octanol–water partition coefficient (Wildman–Crippen LogP) is 5.15. The molecule has 0 fully saturated rings. The van der Waals surface area contributed by atoms with Crippen LogP contribution in [-0.4, -0.2) is 33.7 Å². The van der Waals surface area contributed by atoms with Crippen LogP contribution in [0.1, 0.15) is 16.2 Å². The third-order valence-electron chi connectivity index (χ3n) is 4.61. The Morgan fingerprint density at radius 3 is 2.66 bits per heavy atom. The lowest BCUT2D eigenvalue weighted by atomic mass is 10.2. The highest BCUT2D eigenvalue weighted by Gasteiger charge is 2.37. The van der Waals surface area contributed by atoms with Gasteiger partial charge in [0.2, 0.25) is 0 Å². The Labute approximate surface area is 187 Å². The number of thiophene rings is 1. The van der Waals surface area contributed by atoms with Gasteiger partial charge in [0.25, 0.3) is 5.91 Å². The van der Waals surface area contributed by atoms with Gasteiger partial charge in [-0.1, -0.05) is 17.7 Å². The number of benzene rings is 1. The Balaban J connectivity index is 1.56. The van der Waals surface area contributed by atoms with Gasteiger partial charge in [0.15, 0.2) is 28.5 Å². The number of hydrogen-bond donors (Lipinski definition) is 1. The first-order chi connectivity index (χ1) is 15.3. The lowest BCUT2D eigenvalue weighted by Crippen LogP contribution is -2.17. The second-order valence-electron chi connectivity index (χ2n) is 6.71. The van der Waals surface area contributed by atoms with Crippen LogP contribution in [-0.2, 0) is 6.18 Å². The fourth-order valence-electron chi connectivity index (χ4n) is 3.20. The lowest BCUT2D eigenvalue weighted by Gasteiger charge is -2.18. The lowest BCUT2D eigenvalue weighted by molar-refractivity contribution is -0.142. The molecule has 0 saturated carbocycles. The summed E-state index contributed by atoms with van der Waals surface area (Å²) >= 11 is 7.51. The number of rotatable bonds is 3. The molecule has 4 aromatic rings. The number of carbonyl (C=O) groups is 1. The molecular formula is C20H12ClF3N4O3S. The molecule has 32 heavy (non-hydrogen) atoms. The van der Waals surface area contributed by atoms with Crippen LogP contribution in [0.5, 0.6) is 11.5 Å². The fourth-order valence-corrected chi connectivity index (χ4v) is 4.13. The maximum Gasteiger partial charge on any atom is 0.433 e. The van der Waals surface area contributed by atoms with Gasteiger partial charge < -0.3 is 14.8 Å². The zero-order valence-corrected chi connectivity index (χ0v) is 17.5. The van der Waals surface area contributed by atoms with Gasteiger partial charge in [-0.25, -0.2) is 9.50 Å². The van der Waals surface area contributed by atoms with E-state index < -0.39 is 17.8 Å². The number of ether oxygens (including phenoxy) is 2. The molecule has 0 radical (unpaired) electrons. The van der Waals surface area contributed by atoms with Gasteiger partial charge >= 0.3 is 6.18 Å². The maximum absolute atomic E-state index is 13.7. The summed E-state index contributed by atoms with van der Waals surface area (Å²) in [4.78, 5) is 17.5. The van der Waals surface area contributed by atoms with Gasteiger partial charge in [0.05, 0.1) is 10.6 Å². The van der Waals surface area contributed by atoms with Gasteiger partial charge in [-0.2, -0.15) is 18.3 Å². The normalized spacial score (nSPS) is 13.4. The van der Waals surface area contributed by atoms with Gasteiger partial charge in [0.1, 0.15) is 18.2 Å². The molecule has 1 amide bonds. The van der Waals surface area contributed by atoms with E-state index in [0.717, 1.165) is 6.07 Å². The van der Waals surface area contributed by atoms with Crippen LogP contribution in [0.15, 0.2) is 41.8 Å². The molecule has 7 nitrogen and oxygen atoms in total. The Morgan fingerprint density at radius 1 is 1.16 bits per heavy atom. The topological polar surface area (TPSA) is 77.8 Å². The molecule has 3 aromatic heterocycles. The minimum Gasteiger partial charge on any atom is -0.486 e. The van der Waals surface area contributed by atoms with Crippen molar-refractivity contribution in [1.82, 2.24) is 14.6 Å². The van der Waals surface area contributed by atoms with Crippen molar-refractivity contribution in [2.45, 2.75) is 6.18 Å². The van der Waals surface area contributed by atoms with Crippen LogP contribution >= 0.6 is 22.9 Å². The Hall–Kier alpha value is -3.31. The summed E-state index contributed by atoms with van der Waals surface area (Å²) in [5.74, 6) is 0.180. The largest absolute Gasteiger partial charge is 0.486 e. The highest BCUT2D eigenvalue weighted by molar-refractivity contribution is 7.13. The standard InChI is InChI=1S/C20H12ClF3N4O3S/c21-16-17(19(29)25-10-3-4-12-13(8-10)31-6-5-30-12)27-28-15(20(22,23)24)9-11(26-18(16)28)14-2-1-7-32-14/h1-4,7-9H,5-6H2,(H,25,29). The van der Waals surface area contributed by atoms with E-state index in [2.05, 4.69) is 15.4 Å². The molecule has 12 heteroatoms. The van der Waals surface area contributed by atoms with Crippen molar-refractivity contribution >= 4 is 40.2 Å². The van der Waals surface area contributed by atoms with Crippen LogP contribution in [0, 0.1) is 0 Å². The Morgan fingerprint density at radius 2 is 1.94 bits per heavy atom. The average molecular weight is 481 g/mol. The van der Waals surface area contributed by atoms with Gasteiger partial charge in [-0.15, -0.1) is 11.3 Å². The first-order valence-corrected chi connectivity index (χ1v) is 10.5. The quantitative estimate of drug-likeness (QED) is 0.438. The molecule has 0 bridgehead atoms. The second-order valence-corrected chi connectivity index (χ2v) is 8.04. The van der Waals surface area contributed by atoms with E-state index in [9.17, 15) is 18.0 Å². The van der Waals surface area contributed by atoms with Crippen molar-refractivity contribution in [3.8, 4) is 22.1 Å². The molecule has 1 aromatic carbocycles. The third-order valence-corrected chi connectivity index (χ3v) is 5.85. The Bertz CT molecular complexity index is 1340. The minimum absolute atomic E-state index is 0.0837. The molecule has 5 rings (SSSR count). The number of halogens is 4. The van der Waals surface area contributed by atoms with Crippen molar-refractivity contribution in [3.05, 3.63) is 58.2 Å². The number of nitrogens with one attached hydrogen (secondary N) is 1. The molecule has 4 heterocycles. The van der Waals surface area contributed by atoms with Gasteiger partial charge in [0, 0.05) is 11.8 Å². The number of hydrogen-bond acceptors (Lipinski definition) is 6. The molecular weight excluding hydrogens is 469 g/mol. The summed E-state index contributed by atoms with van der Waals surface area (Å²) in [5.41, 5.74) is -1.32. The molecule has 0 saturated heterocycles. The van der Waals surface area contributed by atoms with E-state index in [-0.39, 0.29) is 22.1 Å². The summed E-state index contributed by atoms with van der Waals surface area (Å²) in [6.45, 7) is 0.776. The first-order valence-electron chi connectivity index (χ1n) is 9.22. The highest BCUT2D eigenvalue weighted by Crippen LogP contribution is 2.36. The predicted molar refractivity (Wildman–Crippen MR) is 112 cm³/mol.